The molecule has 1 aliphatic heterocycles. The molecule has 0 N–H and O–H groups in total. The second kappa shape index (κ2) is 8.94. The van der Waals surface area contributed by atoms with Crippen LogP contribution in [0.4, 0.5) is 9.18 Å². The first-order valence-corrected chi connectivity index (χ1v) is 11.1. The van der Waals surface area contributed by atoms with Gasteiger partial charge < -0.3 is 14.5 Å². The van der Waals surface area contributed by atoms with E-state index in [1.54, 1.807) is 18.0 Å². The van der Waals surface area contributed by atoms with Crippen LogP contribution in [0.3, 0.4) is 0 Å². The van der Waals surface area contributed by atoms with Crippen LogP contribution in [0.15, 0.2) is 24.3 Å². The minimum atomic E-state index is -0.610. The zero-order chi connectivity index (χ0) is 21.9. The minimum absolute atomic E-state index is 0.121. The second-order valence-corrected chi connectivity index (χ2v) is 9.92. The average molecular weight is 419 g/mol. The molecule has 1 saturated carbocycles. The van der Waals surface area contributed by atoms with Gasteiger partial charge in [0.2, 0.25) is 5.91 Å². The highest BCUT2D eigenvalue weighted by Crippen LogP contribution is 2.43. The number of nitrogens with zero attached hydrogens (tertiary/aromatic N) is 2. The van der Waals surface area contributed by atoms with E-state index < -0.39 is 11.0 Å². The predicted octanol–water partition coefficient (Wildman–Crippen LogP) is 4.74. The number of benzene rings is 1. The van der Waals surface area contributed by atoms with E-state index in [0.717, 1.165) is 50.6 Å². The fourth-order valence-corrected chi connectivity index (χ4v) is 4.89. The molecule has 0 radical (unpaired) electrons. The van der Waals surface area contributed by atoms with Crippen LogP contribution in [0.1, 0.15) is 64.9 Å². The van der Waals surface area contributed by atoms with Crippen LogP contribution in [-0.2, 0) is 14.9 Å². The van der Waals surface area contributed by atoms with E-state index in [4.69, 9.17) is 4.74 Å². The lowest BCUT2D eigenvalue weighted by molar-refractivity contribution is -0.139. The molecular weight excluding hydrogens is 383 g/mol. The molecule has 30 heavy (non-hydrogen) atoms. The van der Waals surface area contributed by atoms with Gasteiger partial charge in [-0.05, 0) is 70.1 Å². The monoisotopic (exact) mass is 418 g/mol. The molecule has 1 atom stereocenters. The molecule has 1 aromatic rings. The molecule has 0 aromatic heterocycles. The summed E-state index contributed by atoms with van der Waals surface area (Å²) < 4.78 is 19.4. The van der Waals surface area contributed by atoms with E-state index in [0.29, 0.717) is 13.1 Å². The summed E-state index contributed by atoms with van der Waals surface area (Å²) in [7, 11) is 1.75. The van der Waals surface area contributed by atoms with Crippen molar-refractivity contribution >= 4 is 12.0 Å². The lowest BCUT2D eigenvalue weighted by Crippen LogP contribution is -2.51. The number of piperidine rings is 1. The molecular formula is C24H35FN2O3. The predicted molar refractivity (Wildman–Crippen MR) is 115 cm³/mol. The van der Waals surface area contributed by atoms with Crippen molar-refractivity contribution in [2.24, 2.45) is 5.92 Å². The number of carbonyl (C=O) groups is 2. The molecule has 166 valence electrons. The maximum absolute atomic E-state index is 13.9. The normalized spacial score (nSPS) is 21.4. The van der Waals surface area contributed by atoms with Gasteiger partial charge in [0.05, 0.1) is 5.41 Å². The molecule has 3 rings (SSSR count). The van der Waals surface area contributed by atoms with Gasteiger partial charge in [0.15, 0.2) is 0 Å². The first-order chi connectivity index (χ1) is 14.1. The van der Waals surface area contributed by atoms with Gasteiger partial charge in [0, 0.05) is 26.7 Å². The van der Waals surface area contributed by atoms with Crippen LogP contribution in [0.25, 0.3) is 0 Å². The Hall–Kier alpha value is -2.11. The number of hydrogen-bond acceptors (Lipinski definition) is 3. The van der Waals surface area contributed by atoms with Crippen LogP contribution in [0.5, 0.6) is 0 Å². The van der Waals surface area contributed by atoms with Crippen molar-refractivity contribution in [3.63, 3.8) is 0 Å². The standard InChI is InChI=1S/C24H35FN2O3/c1-23(2,3)30-22(29)26(4)16-18-9-8-14-27(17-18)21(28)24(12-5-6-13-24)19-10-7-11-20(25)15-19/h7,10-11,15,18H,5-6,8-9,12-14,16-17H2,1-4H3. The number of rotatable bonds is 4. The lowest BCUT2D eigenvalue weighted by Gasteiger charge is -2.40. The van der Waals surface area contributed by atoms with E-state index in [1.807, 2.05) is 31.7 Å². The highest BCUT2D eigenvalue weighted by atomic mass is 19.1. The van der Waals surface area contributed by atoms with Crippen molar-refractivity contribution in [3.05, 3.63) is 35.6 Å². The fourth-order valence-electron chi connectivity index (χ4n) is 4.89. The molecule has 1 aromatic carbocycles. The summed E-state index contributed by atoms with van der Waals surface area (Å²) >= 11 is 0. The zero-order valence-corrected chi connectivity index (χ0v) is 18.7. The van der Waals surface area contributed by atoms with E-state index in [2.05, 4.69) is 0 Å². The summed E-state index contributed by atoms with van der Waals surface area (Å²) in [4.78, 5) is 29.6. The molecule has 0 spiro atoms. The van der Waals surface area contributed by atoms with Crippen LogP contribution in [0, 0.1) is 11.7 Å². The Morgan fingerprint density at radius 1 is 1.23 bits per heavy atom. The van der Waals surface area contributed by atoms with Gasteiger partial charge in [-0.2, -0.15) is 0 Å². The van der Waals surface area contributed by atoms with Gasteiger partial charge in [-0.1, -0.05) is 25.0 Å². The molecule has 6 heteroatoms. The number of halogens is 1. The molecule has 1 heterocycles. The molecule has 1 aliphatic carbocycles. The van der Waals surface area contributed by atoms with Crippen LogP contribution in [0.2, 0.25) is 0 Å². The Balaban J connectivity index is 1.69. The Morgan fingerprint density at radius 3 is 2.57 bits per heavy atom. The maximum atomic E-state index is 13.9. The third kappa shape index (κ3) is 5.13. The molecule has 1 saturated heterocycles. The van der Waals surface area contributed by atoms with Crippen LogP contribution < -0.4 is 0 Å². The quantitative estimate of drug-likeness (QED) is 0.709. The molecule has 5 nitrogen and oxygen atoms in total. The largest absolute Gasteiger partial charge is 0.444 e. The summed E-state index contributed by atoms with van der Waals surface area (Å²) in [6.45, 7) is 7.48. The molecule has 2 fully saturated rings. The first kappa shape index (κ1) is 22.6. The zero-order valence-electron chi connectivity index (χ0n) is 18.7. The van der Waals surface area contributed by atoms with Crippen molar-refractivity contribution in [1.29, 1.82) is 0 Å². The number of amides is 2. The van der Waals surface area contributed by atoms with E-state index in [1.165, 1.54) is 12.1 Å². The Labute approximate surface area is 179 Å². The topological polar surface area (TPSA) is 49.9 Å². The smallest absolute Gasteiger partial charge is 0.410 e. The number of hydrogen-bond donors (Lipinski definition) is 0. The van der Waals surface area contributed by atoms with Crippen LogP contribution in [-0.4, -0.2) is 54.1 Å². The first-order valence-electron chi connectivity index (χ1n) is 11.1. The van der Waals surface area contributed by atoms with Crippen LogP contribution >= 0.6 is 0 Å². The summed E-state index contributed by atoms with van der Waals surface area (Å²) in [5.41, 5.74) is -0.334. The summed E-state index contributed by atoms with van der Waals surface area (Å²) in [6, 6.07) is 6.55. The minimum Gasteiger partial charge on any atom is -0.444 e. The van der Waals surface area contributed by atoms with E-state index >= 15 is 0 Å². The van der Waals surface area contributed by atoms with Gasteiger partial charge in [-0.15, -0.1) is 0 Å². The van der Waals surface area contributed by atoms with Gasteiger partial charge in [0.25, 0.3) is 0 Å². The van der Waals surface area contributed by atoms with E-state index in [9.17, 15) is 14.0 Å². The van der Waals surface area contributed by atoms with Crippen molar-refractivity contribution in [2.75, 3.05) is 26.7 Å². The summed E-state index contributed by atoms with van der Waals surface area (Å²) in [6.07, 6.45) is 5.07. The molecule has 2 aliphatic rings. The van der Waals surface area contributed by atoms with E-state index in [-0.39, 0.29) is 23.7 Å². The summed E-state index contributed by atoms with van der Waals surface area (Å²) in [5.74, 6) is 0.0449. The fraction of sp³-hybridized carbons (Fsp3) is 0.667. The van der Waals surface area contributed by atoms with Gasteiger partial charge >= 0.3 is 6.09 Å². The Morgan fingerprint density at radius 2 is 1.93 bits per heavy atom. The Bertz CT molecular complexity index is 768. The van der Waals surface area contributed by atoms with Crippen molar-refractivity contribution in [3.8, 4) is 0 Å². The molecule has 2 amide bonds. The van der Waals surface area contributed by atoms with Gasteiger partial charge in [-0.3, -0.25) is 4.79 Å². The highest BCUT2D eigenvalue weighted by molar-refractivity contribution is 5.88. The third-order valence-electron chi connectivity index (χ3n) is 6.29. The van der Waals surface area contributed by atoms with Crippen molar-refractivity contribution in [1.82, 2.24) is 9.80 Å². The van der Waals surface area contributed by atoms with Gasteiger partial charge in [0.1, 0.15) is 11.4 Å². The Kier molecular flexibility index (Phi) is 6.73. The lowest BCUT2D eigenvalue weighted by atomic mass is 9.77. The number of carbonyl (C=O) groups excluding carboxylic acids is 2. The number of likely N-dealkylation sites (tertiary alicyclic amines) is 1. The van der Waals surface area contributed by atoms with Gasteiger partial charge in [-0.25, -0.2) is 9.18 Å². The SMILES string of the molecule is CN(CC1CCCN(C(=O)C2(c3cccc(F)c3)CCCC2)C1)C(=O)OC(C)(C)C. The van der Waals surface area contributed by atoms with Crippen molar-refractivity contribution in [2.45, 2.75) is 70.3 Å². The average Bonchev–Trinajstić information content (AvgIpc) is 3.17. The maximum Gasteiger partial charge on any atom is 0.410 e. The second-order valence-electron chi connectivity index (χ2n) is 9.92. The van der Waals surface area contributed by atoms with Crippen molar-refractivity contribution < 1.29 is 18.7 Å². The third-order valence-corrected chi connectivity index (χ3v) is 6.29. The number of ether oxygens (including phenoxy) is 1. The molecule has 1 unspecified atom stereocenters. The summed E-state index contributed by atoms with van der Waals surface area (Å²) in [5, 5.41) is 0. The molecule has 0 bridgehead atoms. The highest BCUT2D eigenvalue weighted by Gasteiger charge is 2.45.